The van der Waals surface area contributed by atoms with Gasteiger partial charge in [-0.25, -0.2) is 0 Å². The Bertz CT molecular complexity index is 3850. The van der Waals surface area contributed by atoms with Crippen LogP contribution in [0, 0.1) is 0 Å². The Morgan fingerprint density at radius 3 is 1.10 bits per heavy atom. The van der Waals surface area contributed by atoms with E-state index in [1.807, 2.05) is 0 Å². The van der Waals surface area contributed by atoms with Gasteiger partial charge in [-0.1, -0.05) is 194 Å². The van der Waals surface area contributed by atoms with Gasteiger partial charge in [-0.2, -0.15) is 0 Å². The van der Waals surface area contributed by atoms with Crippen molar-refractivity contribution in [1.29, 1.82) is 0 Å². The normalized spacial score (nSPS) is 12.0. The fourth-order valence-corrected chi connectivity index (χ4v) is 10.5. The smallest absolute Gasteiger partial charge is 0.00261 e. The lowest BCUT2D eigenvalue weighted by Crippen LogP contribution is -1.92. The topological polar surface area (TPSA) is 0 Å². The molecule has 0 spiro atoms. The first-order valence-electron chi connectivity index (χ1n) is 20.9. The van der Waals surface area contributed by atoms with Crippen LogP contribution < -0.4 is 0 Å². The second-order valence-electron chi connectivity index (χ2n) is 16.3. The third-order valence-corrected chi connectivity index (χ3v) is 13.2. The lowest BCUT2D eigenvalue weighted by atomic mass is 9.84. The summed E-state index contributed by atoms with van der Waals surface area (Å²) in [6.45, 7) is 0. The zero-order valence-corrected chi connectivity index (χ0v) is 32.8. The maximum absolute atomic E-state index is 2.44. The van der Waals surface area contributed by atoms with Gasteiger partial charge in [0.15, 0.2) is 0 Å². The van der Waals surface area contributed by atoms with Crippen molar-refractivity contribution in [3.63, 3.8) is 0 Å². The molecule has 13 aromatic rings. The Morgan fingerprint density at radius 1 is 0.167 bits per heavy atom. The predicted octanol–water partition coefficient (Wildman–Crippen LogP) is 17.1. The largest absolute Gasteiger partial charge is 0.0616 e. The molecule has 0 radical (unpaired) electrons. The molecule has 276 valence electrons. The summed E-state index contributed by atoms with van der Waals surface area (Å²) < 4.78 is 0. The molecule has 13 rings (SSSR count). The van der Waals surface area contributed by atoms with Crippen LogP contribution >= 0.6 is 0 Å². The minimum Gasteiger partial charge on any atom is -0.0616 e. The van der Waals surface area contributed by atoms with E-state index in [1.165, 1.54) is 130 Å². The number of hydrogen-bond acceptors (Lipinski definition) is 0. The molecule has 0 fully saturated rings. The van der Waals surface area contributed by atoms with E-state index in [-0.39, 0.29) is 0 Å². The van der Waals surface area contributed by atoms with Crippen LogP contribution in [0.5, 0.6) is 0 Å². The molecule has 13 aromatic carbocycles. The Hall–Kier alpha value is -7.80. The summed E-state index contributed by atoms with van der Waals surface area (Å²) in [4.78, 5) is 0. The summed E-state index contributed by atoms with van der Waals surface area (Å²) in [5.41, 5.74) is 7.51. The van der Waals surface area contributed by atoms with Crippen molar-refractivity contribution >= 4 is 97.0 Å². The van der Waals surface area contributed by atoms with Gasteiger partial charge in [-0.3, -0.25) is 0 Å². The summed E-state index contributed by atoms with van der Waals surface area (Å²) in [5.74, 6) is 0. The highest BCUT2D eigenvalue weighted by Gasteiger charge is 2.19. The minimum absolute atomic E-state index is 1.23. The molecule has 0 aliphatic rings. The highest BCUT2D eigenvalue weighted by molar-refractivity contribution is 6.28. The lowest BCUT2D eigenvalue weighted by molar-refractivity contribution is 1.67. The van der Waals surface area contributed by atoms with E-state index < -0.39 is 0 Å². The van der Waals surface area contributed by atoms with Gasteiger partial charge in [0, 0.05) is 0 Å². The van der Waals surface area contributed by atoms with Gasteiger partial charge in [0.1, 0.15) is 0 Å². The fraction of sp³-hybridized carbons (Fsp3) is 0. The molecule has 0 saturated carbocycles. The molecule has 0 saturated heterocycles. The van der Waals surface area contributed by atoms with E-state index in [2.05, 4.69) is 218 Å². The molecule has 0 atom stereocenters. The van der Waals surface area contributed by atoms with Crippen molar-refractivity contribution in [3.05, 3.63) is 218 Å². The lowest BCUT2D eigenvalue weighted by Gasteiger charge is -2.19. The van der Waals surface area contributed by atoms with Crippen LogP contribution in [0.25, 0.3) is 130 Å². The molecule has 0 heterocycles. The molecular weight excluding hydrogens is 721 g/mol. The minimum atomic E-state index is 1.23. The Kier molecular flexibility index (Phi) is 7.11. The zero-order chi connectivity index (χ0) is 39.3. The van der Waals surface area contributed by atoms with E-state index in [9.17, 15) is 0 Å². The van der Waals surface area contributed by atoms with Crippen LogP contribution in [0.1, 0.15) is 0 Å². The van der Waals surface area contributed by atoms with E-state index in [0.29, 0.717) is 0 Å². The second-order valence-corrected chi connectivity index (χ2v) is 16.3. The standard InChI is InChI=1S/C60H36/c1-2-14-43-38(13-1)29-31-51-47-18-5-7-19-48(47)56(36-58(43)51)39-27-25-37-26-28-40(34-42(37)33-39)59-52-21-9-11-23-54(52)60(55-24-12-10-22-53(55)59)41-30-32-50-46-17-4-3-15-44(46)45-16-6-8-20-49(45)57(50)35-41/h1-36H. The summed E-state index contributed by atoms with van der Waals surface area (Å²) in [7, 11) is 0. The van der Waals surface area contributed by atoms with Gasteiger partial charge in [-0.05, 0) is 155 Å². The summed E-state index contributed by atoms with van der Waals surface area (Å²) >= 11 is 0. The summed E-state index contributed by atoms with van der Waals surface area (Å²) in [6, 6.07) is 81.5. The van der Waals surface area contributed by atoms with Crippen LogP contribution in [-0.4, -0.2) is 0 Å². The first kappa shape index (κ1) is 33.2. The highest BCUT2D eigenvalue weighted by atomic mass is 14.2. The summed E-state index contributed by atoms with van der Waals surface area (Å²) in [6.07, 6.45) is 0. The van der Waals surface area contributed by atoms with Crippen molar-refractivity contribution in [2.45, 2.75) is 0 Å². The molecule has 0 heteroatoms. The third-order valence-electron chi connectivity index (χ3n) is 13.2. The second kappa shape index (κ2) is 12.9. The molecule has 0 aliphatic heterocycles. The predicted molar refractivity (Wildman–Crippen MR) is 260 cm³/mol. The number of hydrogen-bond donors (Lipinski definition) is 0. The van der Waals surface area contributed by atoms with Gasteiger partial charge in [-0.15, -0.1) is 0 Å². The van der Waals surface area contributed by atoms with Gasteiger partial charge < -0.3 is 0 Å². The van der Waals surface area contributed by atoms with Crippen LogP contribution in [0.3, 0.4) is 0 Å². The number of rotatable bonds is 3. The maximum Gasteiger partial charge on any atom is -0.00261 e. The molecule has 0 bridgehead atoms. The number of benzene rings is 13. The maximum atomic E-state index is 2.44. The fourth-order valence-electron chi connectivity index (χ4n) is 10.5. The van der Waals surface area contributed by atoms with Crippen LogP contribution in [-0.2, 0) is 0 Å². The van der Waals surface area contributed by atoms with Crippen molar-refractivity contribution in [2.75, 3.05) is 0 Å². The quantitative estimate of drug-likeness (QED) is 0.124. The molecule has 0 aliphatic carbocycles. The Balaban J connectivity index is 1.03. The highest BCUT2D eigenvalue weighted by Crippen LogP contribution is 2.46. The van der Waals surface area contributed by atoms with Gasteiger partial charge in [0.2, 0.25) is 0 Å². The third kappa shape index (κ3) is 4.86. The SMILES string of the molecule is c1ccc2c(c1)ccc1c3ccccc3c(-c3ccc4ccc(-c5c6ccccc6c(-c6ccc7c8ccccc8c8ccccc8c7c6)c6ccccc56)cc4c3)cc21. The van der Waals surface area contributed by atoms with Gasteiger partial charge >= 0.3 is 0 Å². The van der Waals surface area contributed by atoms with E-state index >= 15 is 0 Å². The molecule has 0 nitrogen and oxygen atoms in total. The molecule has 0 unspecified atom stereocenters. The first-order valence-corrected chi connectivity index (χ1v) is 20.9. The molecule has 0 aromatic heterocycles. The zero-order valence-electron chi connectivity index (χ0n) is 32.8. The van der Waals surface area contributed by atoms with Crippen molar-refractivity contribution < 1.29 is 0 Å². The molecule has 60 heavy (non-hydrogen) atoms. The van der Waals surface area contributed by atoms with Crippen molar-refractivity contribution in [1.82, 2.24) is 0 Å². The van der Waals surface area contributed by atoms with Crippen molar-refractivity contribution in [2.24, 2.45) is 0 Å². The molecule has 0 N–H and O–H groups in total. The van der Waals surface area contributed by atoms with Crippen LogP contribution in [0.4, 0.5) is 0 Å². The Labute approximate surface area is 347 Å². The van der Waals surface area contributed by atoms with Gasteiger partial charge in [0.25, 0.3) is 0 Å². The monoisotopic (exact) mass is 756 g/mol. The first-order chi connectivity index (χ1) is 29.8. The molecular formula is C60H36. The average Bonchev–Trinajstić information content (AvgIpc) is 3.32. The Morgan fingerprint density at radius 2 is 0.517 bits per heavy atom. The van der Waals surface area contributed by atoms with E-state index in [0.717, 1.165) is 0 Å². The van der Waals surface area contributed by atoms with Gasteiger partial charge in [0.05, 0.1) is 0 Å². The average molecular weight is 757 g/mol. The van der Waals surface area contributed by atoms with E-state index in [1.54, 1.807) is 0 Å². The molecule has 0 amide bonds. The van der Waals surface area contributed by atoms with E-state index in [4.69, 9.17) is 0 Å². The number of fused-ring (bicyclic) bond motifs is 14. The van der Waals surface area contributed by atoms with Crippen LogP contribution in [0.2, 0.25) is 0 Å². The van der Waals surface area contributed by atoms with Crippen molar-refractivity contribution in [3.8, 4) is 33.4 Å². The summed E-state index contributed by atoms with van der Waals surface area (Å²) in [5, 5.41) is 23.0. The van der Waals surface area contributed by atoms with Crippen LogP contribution in [0.15, 0.2) is 218 Å².